The largest absolute Gasteiger partial charge is 0.352 e. The normalized spacial score (nSPS) is 10.5. The van der Waals surface area contributed by atoms with Gasteiger partial charge in [-0.25, -0.2) is 0 Å². The molecule has 2 rings (SSSR count). The van der Waals surface area contributed by atoms with Gasteiger partial charge in [0.2, 0.25) is 5.91 Å². The lowest BCUT2D eigenvalue weighted by atomic mass is 10.1. The summed E-state index contributed by atoms with van der Waals surface area (Å²) in [6.07, 6.45) is 1.29. The Bertz CT molecular complexity index is 664. The first-order valence-corrected chi connectivity index (χ1v) is 8.26. The van der Waals surface area contributed by atoms with Gasteiger partial charge in [-0.3, -0.25) is 9.59 Å². The van der Waals surface area contributed by atoms with Crippen LogP contribution in [0.1, 0.15) is 36.2 Å². The fraction of sp³-hybridized carbons (Fsp3) is 0.300. The number of hydrogen-bond acceptors (Lipinski definition) is 2. The van der Waals surface area contributed by atoms with Gasteiger partial charge in [0.15, 0.2) is 0 Å². The number of anilines is 1. The van der Waals surface area contributed by atoms with Crippen LogP contribution in [0.3, 0.4) is 0 Å². The zero-order chi connectivity index (χ0) is 17.4. The second kappa shape index (κ2) is 8.87. The minimum atomic E-state index is -0.0854. The highest BCUT2D eigenvalue weighted by Crippen LogP contribution is 2.11. The average molecular weight is 324 g/mol. The van der Waals surface area contributed by atoms with Crippen molar-refractivity contribution < 1.29 is 9.59 Å². The zero-order valence-corrected chi connectivity index (χ0v) is 14.2. The smallest absolute Gasteiger partial charge is 0.251 e. The highest BCUT2D eigenvalue weighted by atomic mass is 16.2. The first kappa shape index (κ1) is 17.7. The lowest BCUT2D eigenvalue weighted by molar-refractivity contribution is -0.115. The molecule has 0 unspecified atom stereocenters. The summed E-state index contributed by atoms with van der Waals surface area (Å²) in [7, 11) is 0. The molecule has 0 bridgehead atoms. The molecule has 4 nitrogen and oxygen atoms in total. The SMILES string of the molecule is CC(C)CCNC(=O)c1ccc(NC(=O)Cc2ccccc2)cc1. The maximum absolute atomic E-state index is 12.0. The standard InChI is InChI=1S/C20H24N2O2/c1-15(2)12-13-21-20(24)17-8-10-18(11-9-17)22-19(23)14-16-6-4-3-5-7-16/h3-11,15H,12-14H2,1-2H3,(H,21,24)(H,22,23). The van der Waals surface area contributed by atoms with Gasteiger partial charge < -0.3 is 10.6 Å². The summed E-state index contributed by atoms with van der Waals surface area (Å²) < 4.78 is 0. The third kappa shape index (κ3) is 5.88. The van der Waals surface area contributed by atoms with E-state index in [1.54, 1.807) is 24.3 Å². The van der Waals surface area contributed by atoms with Gasteiger partial charge in [0.25, 0.3) is 5.91 Å². The molecule has 2 aromatic rings. The summed E-state index contributed by atoms with van der Waals surface area (Å²) in [6, 6.07) is 16.5. The number of carbonyl (C=O) groups is 2. The van der Waals surface area contributed by atoms with Crippen molar-refractivity contribution in [2.75, 3.05) is 11.9 Å². The maximum Gasteiger partial charge on any atom is 0.251 e. The molecule has 0 atom stereocenters. The van der Waals surface area contributed by atoms with Crippen molar-refractivity contribution in [3.63, 3.8) is 0 Å². The van der Waals surface area contributed by atoms with E-state index in [0.717, 1.165) is 12.0 Å². The van der Waals surface area contributed by atoms with E-state index in [-0.39, 0.29) is 11.8 Å². The topological polar surface area (TPSA) is 58.2 Å². The van der Waals surface area contributed by atoms with Crippen LogP contribution >= 0.6 is 0 Å². The summed E-state index contributed by atoms with van der Waals surface area (Å²) in [5.74, 6) is 0.403. The van der Waals surface area contributed by atoms with Crippen LogP contribution < -0.4 is 10.6 Å². The van der Waals surface area contributed by atoms with E-state index >= 15 is 0 Å². The molecule has 0 aliphatic carbocycles. The number of nitrogens with one attached hydrogen (secondary N) is 2. The van der Waals surface area contributed by atoms with Crippen molar-refractivity contribution in [3.05, 3.63) is 65.7 Å². The molecule has 0 spiro atoms. The summed E-state index contributed by atoms with van der Waals surface area (Å²) >= 11 is 0. The molecule has 0 fully saturated rings. The molecule has 2 aromatic carbocycles. The third-order valence-electron chi connectivity index (χ3n) is 3.65. The highest BCUT2D eigenvalue weighted by molar-refractivity contribution is 5.96. The van der Waals surface area contributed by atoms with Crippen LogP contribution in [0.2, 0.25) is 0 Å². The molecule has 0 aromatic heterocycles. The Balaban J connectivity index is 1.85. The number of rotatable bonds is 7. The lowest BCUT2D eigenvalue weighted by Gasteiger charge is -2.09. The Morgan fingerprint density at radius 1 is 0.958 bits per heavy atom. The second-order valence-corrected chi connectivity index (χ2v) is 6.23. The van der Waals surface area contributed by atoms with Crippen molar-refractivity contribution in [1.29, 1.82) is 0 Å². The molecular formula is C20H24N2O2. The summed E-state index contributed by atoms with van der Waals surface area (Å²) in [5.41, 5.74) is 2.26. The van der Waals surface area contributed by atoms with Gasteiger partial charge in [-0.15, -0.1) is 0 Å². The number of benzene rings is 2. The molecule has 0 aliphatic heterocycles. The van der Waals surface area contributed by atoms with Crippen molar-refractivity contribution >= 4 is 17.5 Å². The van der Waals surface area contributed by atoms with Gasteiger partial charge in [-0.05, 0) is 42.2 Å². The van der Waals surface area contributed by atoms with Crippen molar-refractivity contribution in [3.8, 4) is 0 Å². The molecule has 0 saturated carbocycles. The number of amides is 2. The molecule has 0 heterocycles. The Kier molecular flexibility index (Phi) is 6.55. The molecule has 0 aliphatic rings. The van der Waals surface area contributed by atoms with Crippen LogP contribution in [-0.2, 0) is 11.2 Å². The van der Waals surface area contributed by atoms with Gasteiger partial charge in [0.05, 0.1) is 6.42 Å². The van der Waals surface area contributed by atoms with Gasteiger partial charge in [-0.2, -0.15) is 0 Å². The van der Waals surface area contributed by atoms with E-state index in [1.807, 2.05) is 30.3 Å². The molecule has 0 saturated heterocycles. The molecule has 2 amide bonds. The van der Waals surface area contributed by atoms with Crippen molar-refractivity contribution in [2.24, 2.45) is 5.92 Å². The van der Waals surface area contributed by atoms with Crippen LogP contribution in [-0.4, -0.2) is 18.4 Å². The third-order valence-corrected chi connectivity index (χ3v) is 3.65. The molecule has 0 radical (unpaired) electrons. The molecule has 24 heavy (non-hydrogen) atoms. The van der Waals surface area contributed by atoms with E-state index in [0.29, 0.717) is 30.1 Å². The van der Waals surface area contributed by atoms with Gasteiger partial charge in [0, 0.05) is 17.8 Å². The molecule has 4 heteroatoms. The van der Waals surface area contributed by atoms with E-state index in [4.69, 9.17) is 0 Å². The first-order valence-electron chi connectivity index (χ1n) is 8.26. The first-order chi connectivity index (χ1) is 11.5. The van der Waals surface area contributed by atoms with Crippen LogP contribution in [0.25, 0.3) is 0 Å². The lowest BCUT2D eigenvalue weighted by Crippen LogP contribution is -2.25. The maximum atomic E-state index is 12.0. The van der Waals surface area contributed by atoms with Crippen molar-refractivity contribution in [2.45, 2.75) is 26.7 Å². The van der Waals surface area contributed by atoms with Gasteiger partial charge >= 0.3 is 0 Å². The number of hydrogen-bond donors (Lipinski definition) is 2. The fourth-order valence-electron chi connectivity index (χ4n) is 2.27. The minimum absolute atomic E-state index is 0.0738. The van der Waals surface area contributed by atoms with Crippen LogP contribution in [0.4, 0.5) is 5.69 Å². The summed E-state index contributed by atoms with van der Waals surface area (Å²) in [4.78, 5) is 24.0. The molecule has 2 N–H and O–H groups in total. The highest BCUT2D eigenvalue weighted by Gasteiger charge is 2.07. The van der Waals surface area contributed by atoms with E-state index in [2.05, 4.69) is 24.5 Å². The van der Waals surface area contributed by atoms with Crippen molar-refractivity contribution in [1.82, 2.24) is 5.32 Å². The van der Waals surface area contributed by atoms with Gasteiger partial charge in [-0.1, -0.05) is 44.2 Å². The Hall–Kier alpha value is -2.62. The van der Waals surface area contributed by atoms with E-state index < -0.39 is 0 Å². The summed E-state index contributed by atoms with van der Waals surface area (Å²) in [6.45, 7) is 4.92. The van der Waals surface area contributed by atoms with Gasteiger partial charge in [0.1, 0.15) is 0 Å². The Labute approximate surface area is 143 Å². The Morgan fingerprint density at radius 3 is 2.25 bits per heavy atom. The van der Waals surface area contributed by atoms with Crippen LogP contribution in [0.5, 0.6) is 0 Å². The van der Waals surface area contributed by atoms with E-state index in [9.17, 15) is 9.59 Å². The molecule has 126 valence electrons. The summed E-state index contributed by atoms with van der Waals surface area (Å²) in [5, 5.41) is 5.74. The quantitative estimate of drug-likeness (QED) is 0.817. The van der Waals surface area contributed by atoms with Crippen LogP contribution in [0, 0.1) is 5.92 Å². The predicted molar refractivity (Wildman–Crippen MR) is 97.0 cm³/mol. The minimum Gasteiger partial charge on any atom is -0.352 e. The second-order valence-electron chi connectivity index (χ2n) is 6.23. The Morgan fingerprint density at radius 2 is 1.62 bits per heavy atom. The zero-order valence-electron chi connectivity index (χ0n) is 14.2. The average Bonchev–Trinajstić information content (AvgIpc) is 2.56. The molecular weight excluding hydrogens is 300 g/mol. The number of carbonyl (C=O) groups excluding carboxylic acids is 2. The van der Waals surface area contributed by atoms with E-state index in [1.165, 1.54) is 0 Å². The predicted octanol–water partition coefficient (Wildman–Crippen LogP) is 3.64. The van der Waals surface area contributed by atoms with Crippen LogP contribution in [0.15, 0.2) is 54.6 Å². The monoisotopic (exact) mass is 324 g/mol. The fourth-order valence-corrected chi connectivity index (χ4v) is 2.27.